The topological polar surface area (TPSA) is 55.9 Å². The molecule has 0 saturated heterocycles. The zero-order valence-electron chi connectivity index (χ0n) is 12.6. The van der Waals surface area contributed by atoms with E-state index in [1.54, 1.807) is 0 Å². The molecule has 2 aromatic rings. The van der Waals surface area contributed by atoms with E-state index >= 15 is 0 Å². The molecule has 0 bridgehead atoms. The molecule has 1 aromatic heterocycles. The zero-order valence-corrected chi connectivity index (χ0v) is 12.6. The van der Waals surface area contributed by atoms with Gasteiger partial charge < -0.3 is 11.1 Å². The Morgan fingerprint density at radius 3 is 2.65 bits per heavy atom. The first-order valence-electron chi connectivity index (χ1n) is 7.25. The van der Waals surface area contributed by atoms with Crippen molar-refractivity contribution in [3.63, 3.8) is 0 Å². The predicted molar refractivity (Wildman–Crippen MR) is 84.9 cm³/mol. The minimum absolute atomic E-state index is 0.311. The number of nitrogens with one attached hydrogen (secondary N) is 1. The molecule has 4 nitrogen and oxygen atoms in total. The average Bonchev–Trinajstić information content (AvgIpc) is 2.68. The van der Waals surface area contributed by atoms with Gasteiger partial charge in [0.05, 0.1) is 11.4 Å². The molecule has 0 amide bonds. The Balaban J connectivity index is 2.09. The minimum Gasteiger partial charge on any atom is -0.394 e. The number of nitrogens with two attached hydrogens (primary N) is 1. The van der Waals surface area contributed by atoms with E-state index in [0.717, 1.165) is 36.6 Å². The van der Waals surface area contributed by atoms with Crippen LogP contribution in [0, 0.1) is 6.92 Å². The van der Waals surface area contributed by atoms with E-state index in [9.17, 15) is 0 Å². The van der Waals surface area contributed by atoms with E-state index in [2.05, 4.69) is 48.5 Å². The first-order chi connectivity index (χ1) is 9.61. The normalized spacial score (nSPS) is 12.3. The highest BCUT2D eigenvalue weighted by Crippen LogP contribution is 2.23. The second-order valence-electron chi connectivity index (χ2n) is 5.31. The Hall–Kier alpha value is -1.97. The average molecular weight is 272 g/mol. The van der Waals surface area contributed by atoms with E-state index in [-0.39, 0.29) is 0 Å². The molecule has 1 aromatic carbocycles. The Morgan fingerprint density at radius 2 is 2.00 bits per heavy atom. The van der Waals surface area contributed by atoms with Crippen LogP contribution in [0.4, 0.5) is 11.5 Å². The maximum atomic E-state index is 6.13. The molecule has 0 radical (unpaired) electrons. The number of hydrogen-bond donors (Lipinski definition) is 2. The lowest BCUT2D eigenvalue weighted by atomic mass is 10.1. The van der Waals surface area contributed by atoms with Gasteiger partial charge in [-0.15, -0.1) is 0 Å². The summed E-state index contributed by atoms with van der Waals surface area (Å²) in [6.45, 7) is 7.16. The molecule has 0 fully saturated rings. The van der Waals surface area contributed by atoms with Gasteiger partial charge in [-0.2, -0.15) is 5.10 Å². The van der Waals surface area contributed by atoms with Crippen molar-refractivity contribution in [2.45, 2.75) is 46.2 Å². The van der Waals surface area contributed by atoms with Gasteiger partial charge in [0.15, 0.2) is 0 Å². The SMILES string of the molecule is CCCn1nc(C)c(N)c1NC(C)Cc1ccccc1. The van der Waals surface area contributed by atoms with Crippen molar-refractivity contribution >= 4 is 11.5 Å². The summed E-state index contributed by atoms with van der Waals surface area (Å²) in [5.74, 6) is 0.952. The summed E-state index contributed by atoms with van der Waals surface area (Å²) in [6.07, 6.45) is 2.01. The molecule has 20 heavy (non-hydrogen) atoms. The number of rotatable bonds is 6. The molecule has 0 aliphatic rings. The second-order valence-corrected chi connectivity index (χ2v) is 5.31. The van der Waals surface area contributed by atoms with E-state index in [1.165, 1.54) is 5.56 Å². The van der Waals surface area contributed by atoms with Gasteiger partial charge in [0.2, 0.25) is 0 Å². The summed E-state index contributed by atoms with van der Waals surface area (Å²) in [7, 11) is 0. The summed E-state index contributed by atoms with van der Waals surface area (Å²) in [4.78, 5) is 0. The number of hydrogen-bond acceptors (Lipinski definition) is 3. The molecule has 1 unspecified atom stereocenters. The highest BCUT2D eigenvalue weighted by molar-refractivity contribution is 5.65. The Morgan fingerprint density at radius 1 is 1.30 bits per heavy atom. The summed E-state index contributed by atoms with van der Waals surface area (Å²) >= 11 is 0. The summed E-state index contributed by atoms with van der Waals surface area (Å²) in [6, 6.07) is 10.8. The minimum atomic E-state index is 0.311. The van der Waals surface area contributed by atoms with Crippen LogP contribution in [0.2, 0.25) is 0 Å². The molecule has 1 heterocycles. The van der Waals surface area contributed by atoms with Crippen LogP contribution in [-0.2, 0) is 13.0 Å². The van der Waals surface area contributed by atoms with Gasteiger partial charge in [-0.25, -0.2) is 4.68 Å². The van der Waals surface area contributed by atoms with Crippen LogP contribution in [0.1, 0.15) is 31.5 Å². The molecule has 1 atom stereocenters. The Kier molecular flexibility index (Phi) is 4.66. The highest BCUT2D eigenvalue weighted by Gasteiger charge is 2.14. The van der Waals surface area contributed by atoms with Crippen molar-refractivity contribution < 1.29 is 0 Å². The molecule has 0 aliphatic carbocycles. The molecular weight excluding hydrogens is 248 g/mol. The number of anilines is 2. The van der Waals surface area contributed by atoms with Gasteiger partial charge in [0.25, 0.3) is 0 Å². The van der Waals surface area contributed by atoms with Crippen LogP contribution < -0.4 is 11.1 Å². The summed E-state index contributed by atoms with van der Waals surface area (Å²) in [5, 5.41) is 8.00. The fourth-order valence-corrected chi connectivity index (χ4v) is 2.37. The largest absolute Gasteiger partial charge is 0.394 e. The van der Waals surface area contributed by atoms with Gasteiger partial charge in [-0.3, -0.25) is 0 Å². The van der Waals surface area contributed by atoms with Gasteiger partial charge in [0, 0.05) is 12.6 Å². The standard InChI is InChI=1S/C16H24N4/c1-4-10-20-16(15(17)13(3)19-20)18-12(2)11-14-8-6-5-7-9-14/h5-9,12,18H,4,10-11,17H2,1-3H3. The van der Waals surface area contributed by atoms with Crippen LogP contribution >= 0.6 is 0 Å². The molecular formula is C16H24N4. The van der Waals surface area contributed by atoms with Crippen molar-refractivity contribution in [2.75, 3.05) is 11.1 Å². The van der Waals surface area contributed by atoms with Crippen LogP contribution in [0.25, 0.3) is 0 Å². The molecule has 4 heteroatoms. The van der Waals surface area contributed by atoms with Crippen molar-refractivity contribution in [1.82, 2.24) is 9.78 Å². The van der Waals surface area contributed by atoms with E-state index in [0.29, 0.717) is 6.04 Å². The van der Waals surface area contributed by atoms with Crippen molar-refractivity contribution in [3.05, 3.63) is 41.6 Å². The monoisotopic (exact) mass is 272 g/mol. The third-order valence-corrected chi connectivity index (χ3v) is 3.38. The van der Waals surface area contributed by atoms with E-state index in [4.69, 9.17) is 5.73 Å². The van der Waals surface area contributed by atoms with Gasteiger partial charge in [0.1, 0.15) is 5.82 Å². The molecule has 0 spiro atoms. The fourth-order valence-electron chi connectivity index (χ4n) is 2.37. The maximum absolute atomic E-state index is 6.13. The zero-order chi connectivity index (χ0) is 14.5. The number of nitrogens with zero attached hydrogens (tertiary/aromatic N) is 2. The lowest BCUT2D eigenvalue weighted by molar-refractivity contribution is 0.597. The summed E-state index contributed by atoms with van der Waals surface area (Å²) < 4.78 is 1.98. The lowest BCUT2D eigenvalue weighted by Gasteiger charge is -2.17. The van der Waals surface area contributed by atoms with Gasteiger partial charge in [-0.1, -0.05) is 37.3 Å². The maximum Gasteiger partial charge on any atom is 0.148 e. The molecule has 0 saturated carbocycles. The van der Waals surface area contributed by atoms with Crippen LogP contribution in [0.3, 0.4) is 0 Å². The third kappa shape index (κ3) is 3.32. The lowest BCUT2D eigenvalue weighted by Crippen LogP contribution is -2.21. The van der Waals surface area contributed by atoms with Crippen LogP contribution in [-0.4, -0.2) is 15.8 Å². The van der Waals surface area contributed by atoms with Crippen molar-refractivity contribution in [1.29, 1.82) is 0 Å². The Bertz CT molecular complexity index is 545. The van der Waals surface area contributed by atoms with E-state index < -0.39 is 0 Å². The molecule has 0 aliphatic heterocycles. The third-order valence-electron chi connectivity index (χ3n) is 3.38. The van der Waals surface area contributed by atoms with Crippen LogP contribution in [0.5, 0.6) is 0 Å². The predicted octanol–water partition coefficient (Wildman–Crippen LogP) is 3.23. The quantitative estimate of drug-likeness (QED) is 0.849. The molecule has 108 valence electrons. The van der Waals surface area contributed by atoms with Gasteiger partial charge >= 0.3 is 0 Å². The number of benzene rings is 1. The molecule has 3 N–H and O–H groups in total. The van der Waals surface area contributed by atoms with E-state index in [1.807, 2.05) is 17.7 Å². The number of aryl methyl sites for hydroxylation is 2. The second kappa shape index (κ2) is 6.46. The van der Waals surface area contributed by atoms with Crippen molar-refractivity contribution in [3.8, 4) is 0 Å². The Labute approximate surface area is 121 Å². The fraction of sp³-hybridized carbons (Fsp3) is 0.438. The smallest absolute Gasteiger partial charge is 0.148 e. The highest BCUT2D eigenvalue weighted by atomic mass is 15.3. The number of aromatic nitrogens is 2. The number of nitrogen functional groups attached to an aromatic ring is 1. The van der Waals surface area contributed by atoms with Crippen LogP contribution in [0.15, 0.2) is 30.3 Å². The first kappa shape index (κ1) is 14.4. The van der Waals surface area contributed by atoms with Crippen molar-refractivity contribution in [2.24, 2.45) is 0 Å². The van der Waals surface area contributed by atoms with Gasteiger partial charge in [-0.05, 0) is 32.3 Å². The first-order valence-corrected chi connectivity index (χ1v) is 7.25. The summed E-state index contributed by atoms with van der Waals surface area (Å²) in [5.41, 5.74) is 9.11. The molecule has 2 rings (SSSR count).